The van der Waals surface area contributed by atoms with Gasteiger partial charge in [0, 0.05) is 0 Å². The second kappa shape index (κ2) is 4.04. The quantitative estimate of drug-likeness (QED) is 0.778. The average molecular weight is 234 g/mol. The zero-order valence-electron chi connectivity index (χ0n) is 7.24. The first-order valence-corrected chi connectivity index (χ1v) is 3.64. The van der Waals surface area contributed by atoms with Crippen molar-refractivity contribution < 1.29 is 27.0 Å². The van der Waals surface area contributed by atoms with E-state index in [2.05, 4.69) is 16.2 Å². The largest absolute Gasteiger partial charge is 0.471 e. The van der Waals surface area contributed by atoms with Crippen LogP contribution in [0.15, 0.2) is 0 Å². The molecule has 1 N–H and O–H groups in total. The Balaban J connectivity index is 4.53. The summed E-state index contributed by atoms with van der Waals surface area (Å²) >= 11 is 4.65. The molecular weight excluding hydrogens is 227 g/mol. The Morgan fingerprint density at radius 3 is 2.00 bits per heavy atom. The number of hydrogen-bond donors (Lipinski definition) is 1. The summed E-state index contributed by atoms with van der Waals surface area (Å²) in [6.45, 7) is 2.06. The van der Waals surface area contributed by atoms with Gasteiger partial charge in [-0.25, -0.2) is 4.79 Å². The molecule has 0 aliphatic carbocycles. The van der Waals surface area contributed by atoms with Gasteiger partial charge in [0.25, 0.3) is 0 Å². The standard InChI is InChI=1S/C6H7ClF3NO3/c1-5(2,4(13)14-7)11-3(12)6(8,9)10/h1-2H3,(H,11,12). The smallest absolute Gasteiger partial charge is 0.345 e. The Morgan fingerprint density at radius 1 is 1.29 bits per heavy atom. The lowest BCUT2D eigenvalue weighted by atomic mass is 10.1. The summed E-state index contributed by atoms with van der Waals surface area (Å²) in [5.74, 6) is -3.42. The first kappa shape index (κ1) is 13.0. The van der Waals surface area contributed by atoms with Crippen LogP contribution in [-0.4, -0.2) is 23.6 Å². The van der Waals surface area contributed by atoms with Gasteiger partial charge in [-0.05, 0) is 13.8 Å². The molecule has 0 aliphatic heterocycles. The van der Waals surface area contributed by atoms with Gasteiger partial charge in [0.2, 0.25) is 0 Å². The van der Waals surface area contributed by atoms with E-state index >= 15 is 0 Å². The number of carbonyl (C=O) groups excluding carboxylic acids is 2. The minimum atomic E-state index is -5.05. The lowest BCUT2D eigenvalue weighted by Crippen LogP contribution is -2.53. The van der Waals surface area contributed by atoms with E-state index in [1.807, 2.05) is 0 Å². The van der Waals surface area contributed by atoms with E-state index in [4.69, 9.17) is 0 Å². The first-order chi connectivity index (χ1) is 6.11. The topological polar surface area (TPSA) is 55.4 Å². The molecule has 0 aliphatic rings. The molecule has 0 atom stereocenters. The first-order valence-electron chi connectivity index (χ1n) is 3.33. The van der Waals surface area contributed by atoms with Crippen molar-refractivity contribution in [2.45, 2.75) is 25.6 Å². The van der Waals surface area contributed by atoms with Gasteiger partial charge in [0.1, 0.15) is 17.4 Å². The van der Waals surface area contributed by atoms with Crippen molar-refractivity contribution in [1.82, 2.24) is 5.32 Å². The molecule has 0 spiro atoms. The number of carbonyl (C=O) groups is 2. The fourth-order valence-electron chi connectivity index (χ4n) is 0.502. The molecule has 0 aromatic heterocycles. The molecule has 0 aromatic rings. The second-order valence-electron chi connectivity index (χ2n) is 2.94. The van der Waals surface area contributed by atoms with E-state index in [1.165, 1.54) is 5.32 Å². The van der Waals surface area contributed by atoms with Crippen LogP contribution in [0.2, 0.25) is 0 Å². The Labute approximate surface area is 82.5 Å². The van der Waals surface area contributed by atoms with Gasteiger partial charge in [0.05, 0.1) is 0 Å². The molecule has 1 amide bonds. The number of nitrogens with one attached hydrogen (secondary N) is 1. The van der Waals surface area contributed by atoms with E-state index in [-0.39, 0.29) is 0 Å². The van der Waals surface area contributed by atoms with Gasteiger partial charge >= 0.3 is 18.1 Å². The Kier molecular flexibility index (Phi) is 3.75. The van der Waals surface area contributed by atoms with Gasteiger partial charge in [-0.2, -0.15) is 13.2 Å². The van der Waals surface area contributed by atoms with Gasteiger partial charge in [-0.1, -0.05) is 0 Å². The third-order valence-electron chi connectivity index (χ3n) is 1.26. The molecule has 4 nitrogen and oxygen atoms in total. The number of halogens is 4. The van der Waals surface area contributed by atoms with Crippen LogP contribution in [0.25, 0.3) is 0 Å². The summed E-state index contributed by atoms with van der Waals surface area (Å²) in [5, 5.41) is 1.42. The molecule has 0 bridgehead atoms. The van der Waals surface area contributed by atoms with Crippen LogP contribution >= 0.6 is 11.9 Å². The maximum atomic E-state index is 11.7. The molecule has 82 valence electrons. The Bertz CT molecular complexity index is 251. The SMILES string of the molecule is CC(C)(NC(=O)C(F)(F)F)C(=O)OCl. The Morgan fingerprint density at radius 2 is 1.71 bits per heavy atom. The highest BCUT2D eigenvalue weighted by Gasteiger charge is 2.43. The van der Waals surface area contributed by atoms with Crippen LogP contribution in [0.5, 0.6) is 0 Å². The van der Waals surface area contributed by atoms with Crippen molar-refractivity contribution in [3.63, 3.8) is 0 Å². The molecule has 0 rings (SSSR count). The van der Waals surface area contributed by atoms with Gasteiger partial charge < -0.3 is 9.61 Å². The number of amides is 1. The summed E-state index contributed by atoms with van der Waals surface area (Å²) < 4.78 is 38.9. The average Bonchev–Trinajstić information content (AvgIpc) is 2.00. The molecule has 8 heteroatoms. The summed E-state index contributed by atoms with van der Waals surface area (Å²) in [7, 11) is 0. The third-order valence-corrected chi connectivity index (χ3v) is 1.40. The number of rotatable bonds is 2. The van der Waals surface area contributed by atoms with Crippen molar-refractivity contribution in [1.29, 1.82) is 0 Å². The minimum absolute atomic E-state index is 1.03. The van der Waals surface area contributed by atoms with E-state index in [1.54, 1.807) is 0 Å². The zero-order chi connectivity index (χ0) is 11.6. The normalized spacial score (nSPS) is 12.1. The Hall–Kier alpha value is -0.980. The van der Waals surface area contributed by atoms with Crippen LogP contribution in [0.3, 0.4) is 0 Å². The number of alkyl halides is 3. The molecule has 0 fully saturated rings. The third kappa shape index (κ3) is 3.41. The molecule has 0 saturated heterocycles. The predicted molar refractivity (Wildman–Crippen MR) is 40.2 cm³/mol. The van der Waals surface area contributed by atoms with Crippen molar-refractivity contribution >= 4 is 23.7 Å². The monoisotopic (exact) mass is 233 g/mol. The van der Waals surface area contributed by atoms with Crippen molar-refractivity contribution in [3.05, 3.63) is 0 Å². The molecule has 0 saturated carbocycles. The van der Waals surface area contributed by atoms with Crippen LogP contribution in [-0.2, 0) is 13.9 Å². The van der Waals surface area contributed by atoms with Gasteiger partial charge in [0.15, 0.2) is 0 Å². The fraction of sp³-hybridized carbons (Fsp3) is 0.667. The van der Waals surface area contributed by atoms with Gasteiger partial charge in [-0.15, -0.1) is 0 Å². The van der Waals surface area contributed by atoms with E-state index in [9.17, 15) is 22.8 Å². The molecular formula is C6H7ClF3NO3. The molecule has 0 heterocycles. The molecule has 0 radical (unpaired) electrons. The highest BCUT2D eigenvalue weighted by molar-refractivity contribution is 6.14. The lowest BCUT2D eigenvalue weighted by molar-refractivity contribution is -0.176. The van der Waals surface area contributed by atoms with Crippen molar-refractivity contribution in [2.75, 3.05) is 0 Å². The van der Waals surface area contributed by atoms with Crippen LogP contribution in [0.4, 0.5) is 13.2 Å². The second-order valence-corrected chi connectivity index (χ2v) is 3.10. The minimum Gasteiger partial charge on any atom is -0.345 e. The predicted octanol–water partition coefficient (Wildman–Crippen LogP) is 1.14. The van der Waals surface area contributed by atoms with E-state index < -0.39 is 23.6 Å². The van der Waals surface area contributed by atoms with Crippen molar-refractivity contribution in [2.24, 2.45) is 0 Å². The van der Waals surface area contributed by atoms with Crippen LogP contribution in [0, 0.1) is 0 Å². The zero-order valence-corrected chi connectivity index (χ0v) is 7.99. The highest BCUT2D eigenvalue weighted by Crippen LogP contribution is 2.17. The molecule has 0 aromatic carbocycles. The fourth-order valence-corrected chi connectivity index (χ4v) is 0.695. The lowest BCUT2D eigenvalue weighted by Gasteiger charge is -2.22. The summed E-state index contributed by atoms with van der Waals surface area (Å²) in [6.07, 6.45) is -5.05. The summed E-state index contributed by atoms with van der Waals surface area (Å²) in [4.78, 5) is 21.2. The van der Waals surface area contributed by atoms with E-state index in [0.717, 1.165) is 13.8 Å². The van der Waals surface area contributed by atoms with Gasteiger partial charge in [-0.3, -0.25) is 4.79 Å². The van der Waals surface area contributed by atoms with Crippen LogP contribution in [0.1, 0.15) is 13.8 Å². The summed E-state index contributed by atoms with van der Waals surface area (Å²) in [5.41, 5.74) is -1.83. The highest BCUT2D eigenvalue weighted by atomic mass is 35.5. The number of hydrogen-bond acceptors (Lipinski definition) is 3. The molecule has 0 unspecified atom stereocenters. The maximum absolute atomic E-state index is 11.7. The summed E-state index contributed by atoms with van der Waals surface area (Å²) in [6, 6.07) is 0. The van der Waals surface area contributed by atoms with Crippen LogP contribution < -0.4 is 5.32 Å². The van der Waals surface area contributed by atoms with E-state index in [0.29, 0.717) is 0 Å². The maximum Gasteiger partial charge on any atom is 0.471 e. The molecule has 14 heavy (non-hydrogen) atoms. The van der Waals surface area contributed by atoms with Crippen molar-refractivity contribution in [3.8, 4) is 0 Å².